The third kappa shape index (κ3) is 2.65. The summed E-state index contributed by atoms with van der Waals surface area (Å²) in [5.41, 5.74) is 3.29. The Morgan fingerprint density at radius 3 is 2.38 bits per heavy atom. The summed E-state index contributed by atoms with van der Waals surface area (Å²) < 4.78 is 0. The van der Waals surface area contributed by atoms with Crippen LogP contribution in [-0.4, -0.2) is 9.97 Å². The molecular weight excluding hydrogens is 292 g/mol. The van der Waals surface area contributed by atoms with Crippen molar-refractivity contribution in [2.75, 3.05) is 0 Å². The first-order valence-corrected chi connectivity index (χ1v) is 8.60. The highest BCUT2D eigenvalue weighted by atomic mass is 14.9. The SMILES string of the molecule is CCCCc1nc(-c2cccc3ccccc23)nc2ccccc12. The van der Waals surface area contributed by atoms with Gasteiger partial charge in [0.05, 0.1) is 11.2 Å². The first kappa shape index (κ1) is 14.8. The van der Waals surface area contributed by atoms with Crippen LogP contribution < -0.4 is 0 Å². The molecule has 1 heterocycles. The second kappa shape index (κ2) is 6.40. The minimum Gasteiger partial charge on any atom is -0.232 e. The van der Waals surface area contributed by atoms with Gasteiger partial charge >= 0.3 is 0 Å². The van der Waals surface area contributed by atoms with Gasteiger partial charge in [0.1, 0.15) is 0 Å². The van der Waals surface area contributed by atoms with Crippen LogP contribution in [0.4, 0.5) is 0 Å². The van der Waals surface area contributed by atoms with Crippen LogP contribution in [-0.2, 0) is 6.42 Å². The number of fused-ring (bicyclic) bond motifs is 2. The van der Waals surface area contributed by atoms with Crippen LogP contribution in [0.25, 0.3) is 33.1 Å². The largest absolute Gasteiger partial charge is 0.232 e. The molecule has 0 aliphatic heterocycles. The molecule has 0 atom stereocenters. The van der Waals surface area contributed by atoms with Gasteiger partial charge in [-0.25, -0.2) is 9.97 Å². The highest BCUT2D eigenvalue weighted by Crippen LogP contribution is 2.28. The lowest BCUT2D eigenvalue weighted by atomic mass is 10.0. The number of para-hydroxylation sites is 1. The van der Waals surface area contributed by atoms with Gasteiger partial charge in [-0.3, -0.25) is 0 Å². The topological polar surface area (TPSA) is 25.8 Å². The van der Waals surface area contributed by atoms with Crippen molar-refractivity contribution < 1.29 is 0 Å². The van der Waals surface area contributed by atoms with E-state index in [1.807, 2.05) is 6.07 Å². The summed E-state index contributed by atoms with van der Waals surface area (Å²) in [7, 11) is 0. The molecular formula is C22H20N2. The maximum Gasteiger partial charge on any atom is 0.160 e. The van der Waals surface area contributed by atoms with Crippen molar-refractivity contribution in [2.24, 2.45) is 0 Å². The number of aryl methyl sites for hydroxylation is 1. The average molecular weight is 312 g/mol. The van der Waals surface area contributed by atoms with Crippen LogP contribution in [0.1, 0.15) is 25.5 Å². The van der Waals surface area contributed by atoms with E-state index in [0.29, 0.717) is 0 Å². The van der Waals surface area contributed by atoms with Gasteiger partial charge in [-0.1, -0.05) is 74.0 Å². The summed E-state index contributed by atoms with van der Waals surface area (Å²) in [6.45, 7) is 2.22. The number of rotatable bonds is 4. The molecule has 0 radical (unpaired) electrons. The van der Waals surface area contributed by atoms with Crippen LogP contribution in [0.3, 0.4) is 0 Å². The molecule has 0 saturated carbocycles. The molecule has 4 aromatic rings. The zero-order chi connectivity index (χ0) is 16.4. The van der Waals surface area contributed by atoms with Crippen molar-refractivity contribution in [1.29, 1.82) is 0 Å². The van der Waals surface area contributed by atoms with Gasteiger partial charge in [0.15, 0.2) is 5.82 Å². The van der Waals surface area contributed by atoms with Gasteiger partial charge < -0.3 is 0 Å². The Morgan fingerprint density at radius 1 is 0.750 bits per heavy atom. The average Bonchev–Trinajstić information content (AvgIpc) is 2.65. The zero-order valence-corrected chi connectivity index (χ0v) is 13.9. The minimum absolute atomic E-state index is 0.830. The lowest BCUT2D eigenvalue weighted by molar-refractivity contribution is 0.781. The van der Waals surface area contributed by atoms with Gasteiger partial charge in [0.25, 0.3) is 0 Å². The van der Waals surface area contributed by atoms with E-state index in [2.05, 4.69) is 67.6 Å². The molecule has 0 amide bonds. The van der Waals surface area contributed by atoms with Gasteiger partial charge in [-0.05, 0) is 29.7 Å². The summed E-state index contributed by atoms with van der Waals surface area (Å²) in [5.74, 6) is 0.830. The molecule has 0 aliphatic carbocycles. The van der Waals surface area contributed by atoms with E-state index in [1.165, 1.54) is 22.6 Å². The first-order valence-electron chi connectivity index (χ1n) is 8.60. The molecule has 118 valence electrons. The molecule has 0 saturated heterocycles. The number of hydrogen-bond acceptors (Lipinski definition) is 2. The monoisotopic (exact) mass is 312 g/mol. The maximum atomic E-state index is 4.95. The lowest BCUT2D eigenvalue weighted by Gasteiger charge is -2.10. The van der Waals surface area contributed by atoms with Crippen LogP contribution in [0.5, 0.6) is 0 Å². The minimum atomic E-state index is 0.830. The second-order valence-corrected chi connectivity index (χ2v) is 6.14. The molecule has 0 aliphatic rings. The van der Waals surface area contributed by atoms with Gasteiger partial charge in [0, 0.05) is 10.9 Å². The van der Waals surface area contributed by atoms with E-state index < -0.39 is 0 Å². The molecule has 3 aromatic carbocycles. The molecule has 4 rings (SSSR count). The normalized spacial score (nSPS) is 11.2. The quantitative estimate of drug-likeness (QED) is 0.476. The Morgan fingerprint density at radius 2 is 1.50 bits per heavy atom. The molecule has 2 nitrogen and oxygen atoms in total. The van der Waals surface area contributed by atoms with Gasteiger partial charge in [-0.15, -0.1) is 0 Å². The number of aromatic nitrogens is 2. The van der Waals surface area contributed by atoms with Crippen molar-refractivity contribution in [1.82, 2.24) is 9.97 Å². The van der Waals surface area contributed by atoms with Crippen molar-refractivity contribution in [2.45, 2.75) is 26.2 Å². The summed E-state index contributed by atoms with van der Waals surface area (Å²) in [4.78, 5) is 9.80. The summed E-state index contributed by atoms with van der Waals surface area (Å²) in [6, 6.07) is 23.1. The standard InChI is InChI=1S/C22H20N2/c1-2-3-14-20-19-12-6-7-15-21(19)24-22(23-20)18-13-8-10-16-9-4-5-11-17(16)18/h4-13,15H,2-3,14H2,1H3. The van der Waals surface area contributed by atoms with Crippen molar-refractivity contribution in [3.63, 3.8) is 0 Å². The third-order valence-electron chi connectivity index (χ3n) is 4.48. The fourth-order valence-electron chi connectivity index (χ4n) is 3.22. The molecule has 0 spiro atoms. The van der Waals surface area contributed by atoms with Crippen molar-refractivity contribution >= 4 is 21.7 Å². The Kier molecular flexibility index (Phi) is 3.96. The van der Waals surface area contributed by atoms with E-state index in [-0.39, 0.29) is 0 Å². The van der Waals surface area contributed by atoms with E-state index in [9.17, 15) is 0 Å². The van der Waals surface area contributed by atoms with E-state index in [0.717, 1.165) is 35.4 Å². The smallest absolute Gasteiger partial charge is 0.160 e. The Bertz CT molecular complexity index is 1000. The predicted molar refractivity (Wildman–Crippen MR) is 101 cm³/mol. The van der Waals surface area contributed by atoms with Crippen molar-refractivity contribution in [3.05, 3.63) is 72.4 Å². The summed E-state index contributed by atoms with van der Waals surface area (Å²) in [5, 5.41) is 3.61. The molecule has 0 bridgehead atoms. The molecule has 24 heavy (non-hydrogen) atoms. The molecule has 0 unspecified atom stereocenters. The van der Waals surface area contributed by atoms with E-state index in [4.69, 9.17) is 9.97 Å². The van der Waals surface area contributed by atoms with E-state index in [1.54, 1.807) is 0 Å². The number of benzene rings is 3. The molecule has 1 aromatic heterocycles. The highest BCUT2D eigenvalue weighted by molar-refractivity contribution is 5.96. The number of unbranched alkanes of at least 4 members (excludes halogenated alkanes) is 1. The third-order valence-corrected chi connectivity index (χ3v) is 4.48. The summed E-state index contributed by atoms with van der Waals surface area (Å²) >= 11 is 0. The molecule has 0 N–H and O–H groups in total. The maximum absolute atomic E-state index is 4.95. The predicted octanol–water partition coefficient (Wildman–Crippen LogP) is 5.79. The van der Waals surface area contributed by atoms with Crippen molar-refractivity contribution in [3.8, 4) is 11.4 Å². The van der Waals surface area contributed by atoms with Crippen LogP contribution in [0.2, 0.25) is 0 Å². The Balaban J connectivity index is 1.96. The zero-order valence-electron chi connectivity index (χ0n) is 13.9. The summed E-state index contributed by atoms with van der Waals surface area (Å²) in [6.07, 6.45) is 3.31. The molecule has 2 heteroatoms. The second-order valence-electron chi connectivity index (χ2n) is 6.14. The lowest BCUT2D eigenvalue weighted by Crippen LogP contribution is -1.99. The highest BCUT2D eigenvalue weighted by Gasteiger charge is 2.11. The van der Waals surface area contributed by atoms with Crippen LogP contribution in [0, 0.1) is 0 Å². The number of nitrogens with zero attached hydrogens (tertiary/aromatic N) is 2. The Hall–Kier alpha value is -2.74. The molecule has 0 fully saturated rings. The van der Waals surface area contributed by atoms with Gasteiger partial charge in [0.2, 0.25) is 0 Å². The van der Waals surface area contributed by atoms with Gasteiger partial charge in [-0.2, -0.15) is 0 Å². The van der Waals surface area contributed by atoms with E-state index >= 15 is 0 Å². The Labute approximate surface area is 142 Å². The fraction of sp³-hybridized carbons (Fsp3) is 0.182. The van der Waals surface area contributed by atoms with Crippen LogP contribution in [0.15, 0.2) is 66.7 Å². The fourth-order valence-corrected chi connectivity index (χ4v) is 3.22. The first-order chi connectivity index (χ1) is 11.9. The van der Waals surface area contributed by atoms with Crippen LogP contribution >= 0.6 is 0 Å². The number of hydrogen-bond donors (Lipinski definition) is 0.